The Kier molecular flexibility index (Phi) is 3.04. The Morgan fingerprint density at radius 1 is 1.24 bits per heavy atom. The zero-order valence-electron chi connectivity index (χ0n) is 10.1. The number of fused-ring (bicyclic) bond motifs is 3. The predicted octanol–water partition coefficient (Wildman–Crippen LogP) is 1.68. The molecular weight excluding hydrogens is 212 g/mol. The van der Waals surface area contributed by atoms with Crippen LogP contribution in [0.3, 0.4) is 0 Å². The summed E-state index contributed by atoms with van der Waals surface area (Å²) in [5.41, 5.74) is 2.11. The number of nitrogens with zero attached hydrogens (tertiary/aromatic N) is 1. The van der Waals surface area contributed by atoms with Crippen molar-refractivity contribution in [3.05, 3.63) is 29.8 Å². The maximum atomic E-state index is 9.33. The summed E-state index contributed by atoms with van der Waals surface area (Å²) in [5.74, 6) is 0.812. The van der Waals surface area contributed by atoms with E-state index in [1.54, 1.807) is 0 Å². The summed E-state index contributed by atoms with van der Waals surface area (Å²) in [4.78, 5) is 2.54. The quantitative estimate of drug-likeness (QED) is 0.832. The van der Waals surface area contributed by atoms with Crippen molar-refractivity contribution in [1.29, 1.82) is 0 Å². The third-order valence-electron chi connectivity index (χ3n) is 4.18. The third kappa shape index (κ3) is 2.17. The summed E-state index contributed by atoms with van der Waals surface area (Å²) in [7, 11) is 0. The van der Waals surface area contributed by atoms with Crippen molar-refractivity contribution in [2.75, 3.05) is 25.0 Å². The molecule has 3 nitrogen and oxygen atoms in total. The van der Waals surface area contributed by atoms with Gasteiger partial charge in [-0.2, -0.15) is 0 Å². The summed E-state index contributed by atoms with van der Waals surface area (Å²) in [5, 5.41) is 13.0. The molecule has 2 N–H and O–H groups in total. The van der Waals surface area contributed by atoms with Gasteiger partial charge in [-0.15, -0.1) is 0 Å². The first-order chi connectivity index (χ1) is 8.36. The number of nitrogens with one attached hydrogen (secondary N) is 1. The molecule has 1 aromatic rings. The number of piperidine rings is 3. The molecule has 0 aromatic heterocycles. The molecule has 4 rings (SSSR count). The first kappa shape index (κ1) is 11.1. The second-order valence-electron chi connectivity index (χ2n) is 5.20. The first-order valence-corrected chi connectivity index (χ1v) is 6.54. The minimum Gasteiger partial charge on any atom is -0.392 e. The highest BCUT2D eigenvalue weighted by molar-refractivity contribution is 5.51. The molecule has 17 heavy (non-hydrogen) atoms. The van der Waals surface area contributed by atoms with Gasteiger partial charge in [0.15, 0.2) is 0 Å². The van der Waals surface area contributed by atoms with E-state index in [1.165, 1.54) is 25.9 Å². The van der Waals surface area contributed by atoms with Crippen LogP contribution in [-0.4, -0.2) is 35.7 Å². The number of rotatable bonds is 3. The van der Waals surface area contributed by atoms with Crippen LogP contribution in [0.25, 0.3) is 0 Å². The average Bonchev–Trinajstić information content (AvgIpc) is 2.41. The van der Waals surface area contributed by atoms with Crippen LogP contribution >= 0.6 is 0 Å². The number of aliphatic hydroxyl groups excluding tert-OH is 1. The van der Waals surface area contributed by atoms with Crippen LogP contribution in [0.15, 0.2) is 24.3 Å². The van der Waals surface area contributed by atoms with Crippen molar-refractivity contribution in [2.45, 2.75) is 25.5 Å². The standard InChI is InChI=1S/C14H20N2O/c17-10-12-3-1-2-4-13(12)15-14-9-16-7-5-11(14)6-8-16/h1-4,11,14-15,17H,5-10H2. The number of anilines is 1. The van der Waals surface area contributed by atoms with E-state index in [0.717, 1.165) is 23.7 Å². The monoisotopic (exact) mass is 232 g/mol. The number of para-hydroxylation sites is 1. The summed E-state index contributed by atoms with van der Waals surface area (Å²) in [6, 6.07) is 8.63. The molecule has 0 spiro atoms. The van der Waals surface area contributed by atoms with Gasteiger partial charge in [-0.1, -0.05) is 18.2 Å². The second-order valence-corrected chi connectivity index (χ2v) is 5.20. The van der Waals surface area contributed by atoms with E-state index in [-0.39, 0.29) is 6.61 Å². The fourth-order valence-electron chi connectivity index (χ4n) is 3.13. The Hall–Kier alpha value is -1.06. The molecular formula is C14H20N2O. The molecule has 0 amide bonds. The Labute approximate surface area is 102 Å². The largest absolute Gasteiger partial charge is 0.392 e. The molecule has 3 heteroatoms. The number of hydrogen-bond acceptors (Lipinski definition) is 3. The minimum atomic E-state index is 0.115. The smallest absolute Gasteiger partial charge is 0.0701 e. The average molecular weight is 232 g/mol. The second kappa shape index (κ2) is 4.67. The van der Waals surface area contributed by atoms with Gasteiger partial charge in [0.2, 0.25) is 0 Å². The van der Waals surface area contributed by atoms with Gasteiger partial charge in [0, 0.05) is 23.8 Å². The Morgan fingerprint density at radius 3 is 2.65 bits per heavy atom. The summed E-state index contributed by atoms with van der Waals surface area (Å²) >= 11 is 0. The summed E-state index contributed by atoms with van der Waals surface area (Å²) < 4.78 is 0. The Morgan fingerprint density at radius 2 is 2.00 bits per heavy atom. The van der Waals surface area contributed by atoms with Gasteiger partial charge in [0.25, 0.3) is 0 Å². The van der Waals surface area contributed by atoms with Crippen molar-refractivity contribution in [3.63, 3.8) is 0 Å². The molecule has 0 saturated carbocycles. The number of hydrogen-bond donors (Lipinski definition) is 2. The van der Waals surface area contributed by atoms with Crippen molar-refractivity contribution in [3.8, 4) is 0 Å². The normalized spacial score (nSPS) is 31.5. The van der Waals surface area contributed by atoms with Crippen LogP contribution in [0.2, 0.25) is 0 Å². The molecule has 2 bridgehead atoms. The molecule has 3 aliphatic rings. The Balaban J connectivity index is 1.74. The van der Waals surface area contributed by atoms with Crippen LogP contribution in [0.4, 0.5) is 5.69 Å². The highest BCUT2D eigenvalue weighted by atomic mass is 16.3. The molecule has 1 unspecified atom stereocenters. The molecule has 3 fully saturated rings. The van der Waals surface area contributed by atoms with Gasteiger partial charge in [0.1, 0.15) is 0 Å². The van der Waals surface area contributed by atoms with E-state index in [4.69, 9.17) is 0 Å². The molecule has 3 saturated heterocycles. The van der Waals surface area contributed by atoms with E-state index in [0.29, 0.717) is 6.04 Å². The third-order valence-corrected chi connectivity index (χ3v) is 4.18. The summed E-state index contributed by atoms with van der Waals surface area (Å²) in [6.45, 7) is 3.81. The zero-order chi connectivity index (χ0) is 11.7. The maximum absolute atomic E-state index is 9.33. The highest BCUT2D eigenvalue weighted by Crippen LogP contribution is 2.30. The molecule has 0 radical (unpaired) electrons. The SMILES string of the molecule is OCc1ccccc1NC1CN2CCC1CC2. The van der Waals surface area contributed by atoms with Crippen LogP contribution in [0, 0.1) is 5.92 Å². The first-order valence-electron chi connectivity index (χ1n) is 6.54. The van der Waals surface area contributed by atoms with E-state index >= 15 is 0 Å². The van der Waals surface area contributed by atoms with Gasteiger partial charge in [-0.05, 0) is 37.9 Å². The van der Waals surface area contributed by atoms with Crippen molar-refractivity contribution in [1.82, 2.24) is 4.90 Å². The molecule has 1 atom stereocenters. The number of benzene rings is 1. The molecule has 0 aliphatic carbocycles. The van der Waals surface area contributed by atoms with E-state index < -0.39 is 0 Å². The van der Waals surface area contributed by atoms with Crippen LogP contribution in [0.5, 0.6) is 0 Å². The fourth-order valence-corrected chi connectivity index (χ4v) is 3.13. The van der Waals surface area contributed by atoms with Crippen LogP contribution < -0.4 is 5.32 Å². The highest BCUT2D eigenvalue weighted by Gasteiger charge is 2.34. The minimum absolute atomic E-state index is 0.115. The van der Waals surface area contributed by atoms with Crippen LogP contribution in [-0.2, 0) is 6.61 Å². The van der Waals surface area contributed by atoms with Gasteiger partial charge in [0.05, 0.1) is 6.61 Å². The van der Waals surface area contributed by atoms with E-state index in [1.807, 2.05) is 18.2 Å². The lowest BCUT2D eigenvalue weighted by Gasteiger charge is -2.45. The van der Waals surface area contributed by atoms with Gasteiger partial charge >= 0.3 is 0 Å². The topological polar surface area (TPSA) is 35.5 Å². The summed E-state index contributed by atoms with van der Waals surface area (Å²) in [6.07, 6.45) is 2.64. The zero-order valence-corrected chi connectivity index (χ0v) is 10.1. The van der Waals surface area contributed by atoms with Crippen molar-refractivity contribution >= 4 is 5.69 Å². The molecule has 92 valence electrons. The fraction of sp³-hybridized carbons (Fsp3) is 0.571. The lowest BCUT2D eigenvalue weighted by molar-refractivity contribution is 0.0974. The van der Waals surface area contributed by atoms with Crippen molar-refractivity contribution in [2.24, 2.45) is 5.92 Å². The van der Waals surface area contributed by atoms with Crippen molar-refractivity contribution < 1.29 is 5.11 Å². The lowest BCUT2D eigenvalue weighted by Crippen LogP contribution is -2.53. The van der Waals surface area contributed by atoms with Crippen LogP contribution in [0.1, 0.15) is 18.4 Å². The molecule has 3 aliphatic heterocycles. The Bertz CT molecular complexity index is 386. The molecule has 3 heterocycles. The maximum Gasteiger partial charge on any atom is 0.0701 e. The van der Waals surface area contributed by atoms with Gasteiger partial charge in [-0.3, -0.25) is 0 Å². The number of aliphatic hydroxyl groups is 1. The van der Waals surface area contributed by atoms with Gasteiger partial charge < -0.3 is 15.3 Å². The predicted molar refractivity (Wildman–Crippen MR) is 68.9 cm³/mol. The van der Waals surface area contributed by atoms with E-state index in [2.05, 4.69) is 16.3 Å². The molecule has 1 aromatic carbocycles. The lowest BCUT2D eigenvalue weighted by atomic mass is 9.84. The van der Waals surface area contributed by atoms with Gasteiger partial charge in [-0.25, -0.2) is 0 Å². The van der Waals surface area contributed by atoms with E-state index in [9.17, 15) is 5.11 Å².